The molecule has 0 aliphatic rings. The molecule has 7 nitrogen and oxygen atoms in total. The summed E-state index contributed by atoms with van der Waals surface area (Å²) in [6.45, 7) is 4.62. The fraction of sp³-hybridized carbons (Fsp3) is 0.412. The molecule has 0 radical (unpaired) electrons. The van der Waals surface area contributed by atoms with Crippen LogP contribution in [0.1, 0.15) is 32.1 Å². The standard InChI is InChI=1S/C17H22N6OS/c1-3-6-15-20-13-7-4-5-8-14(13)23(15)12(2)17(24)18-9-10-25-16-11-19-22-21-16/h4-5,7-8,11-12H,3,6,9-10H2,1-2H3,(H,18,24)(H,19,21,22)/t12-/m1/s1. The van der Waals surface area contributed by atoms with Gasteiger partial charge < -0.3 is 9.88 Å². The van der Waals surface area contributed by atoms with Crippen LogP contribution in [0.4, 0.5) is 0 Å². The highest BCUT2D eigenvalue weighted by atomic mass is 32.2. The number of aromatic amines is 1. The number of thioether (sulfide) groups is 1. The molecule has 0 aliphatic heterocycles. The maximum atomic E-state index is 12.6. The minimum absolute atomic E-state index is 0.00117. The van der Waals surface area contributed by atoms with Crippen molar-refractivity contribution in [2.24, 2.45) is 0 Å². The molecule has 0 bridgehead atoms. The van der Waals surface area contributed by atoms with E-state index >= 15 is 0 Å². The Hall–Kier alpha value is -2.35. The molecule has 8 heteroatoms. The molecule has 2 aromatic heterocycles. The maximum Gasteiger partial charge on any atom is 0.242 e. The largest absolute Gasteiger partial charge is 0.353 e. The number of fused-ring (bicyclic) bond motifs is 1. The molecule has 0 saturated carbocycles. The van der Waals surface area contributed by atoms with E-state index in [9.17, 15) is 4.79 Å². The van der Waals surface area contributed by atoms with Gasteiger partial charge in [-0.25, -0.2) is 4.98 Å². The Labute approximate surface area is 150 Å². The van der Waals surface area contributed by atoms with Gasteiger partial charge >= 0.3 is 0 Å². The summed E-state index contributed by atoms with van der Waals surface area (Å²) in [5.74, 6) is 1.71. The lowest BCUT2D eigenvalue weighted by atomic mass is 10.2. The number of aromatic nitrogens is 5. The van der Waals surface area contributed by atoms with Crippen LogP contribution in [-0.4, -0.2) is 43.2 Å². The molecule has 2 N–H and O–H groups in total. The quantitative estimate of drug-likeness (QED) is 0.477. The van der Waals surface area contributed by atoms with Crippen LogP contribution in [0.2, 0.25) is 0 Å². The summed E-state index contributed by atoms with van der Waals surface area (Å²) < 4.78 is 2.05. The smallest absolute Gasteiger partial charge is 0.242 e. The van der Waals surface area contributed by atoms with E-state index in [2.05, 4.69) is 32.2 Å². The summed E-state index contributed by atoms with van der Waals surface area (Å²) in [6, 6.07) is 7.66. The van der Waals surface area contributed by atoms with Crippen molar-refractivity contribution in [1.29, 1.82) is 0 Å². The van der Waals surface area contributed by atoms with Gasteiger partial charge in [0, 0.05) is 18.7 Å². The average molecular weight is 358 g/mol. The second-order valence-electron chi connectivity index (χ2n) is 5.76. The number of para-hydroxylation sites is 2. The minimum atomic E-state index is -0.300. The van der Waals surface area contributed by atoms with Crippen LogP contribution >= 0.6 is 11.8 Å². The molecule has 1 aromatic carbocycles. The Balaban J connectivity index is 1.66. The zero-order valence-corrected chi connectivity index (χ0v) is 15.2. The highest BCUT2D eigenvalue weighted by Gasteiger charge is 2.20. The third kappa shape index (κ3) is 4.01. The number of nitrogens with one attached hydrogen (secondary N) is 2. The molecule has 3 rings (SSSR count). The fourth-order valence-corrected chi connectivity index (χ4v) is 3.43. The molecule has 0 aliphatic carbocycles. The van der Waals surface area contributed by atoms with Crippen LogP contribution < -0.4 is 5.32 Å². The predicted molar refractivity (Wildman–Crippen MR) is 98.6 cm³/mol. The monoisotopic (exact) mass is 358 g/mol. The first-order valence-electron chi connectivity index (χ1n) is 8.42. The molecule has 1 amide bonds. The van der Waals surface area contributed by atoms with Gasteiger partial charge in [0.15, 0.2) is 0 Å². The van der Waals surface area contributed by atoms with Gasteiger partial charge in [-0.15, -0.1) is 16.9 Å². The molecule has 2 heterocycles. The van der Waals surface area contributed by atoms with Crippen LogP contribution in [0.25, 0.3) is 11.0 Å². The van der Waals surface area contributed by atoms with E-state index in [-0.39, 0.29) is 11.9 Å². The maximum absolute atomic E-state index is 12.6. The first kappa shape index (κ1) is 17.5. The molecule has 132 valence electrons. The number of aryl methyl sites for hydroxylation is 1. The van der Waals surface area contributed by atoms with Crippen molar-refractivity contribution in [3.05, 3.63) is 36.3 Å². The zero-order valence-electron chi connectivity index (χ0n) is 14.4. The Bertz CT molecular complexity index is 829. The first-order chi connectivity index (χ1) is 12.2. The predicted octanol–water partition coefficient (Wildman–Crippen LogP) is 2.58. The summed E-state index contributed by atoms with van der Waals surface area (Å²) in [7, 11) is 0. The van der Waals surface area contributed by atoms with Crippen molar-refractivity contribution < 1.29 is 4.79 Å². The van der Waals surface area contributed by atoms with Gasteiger partial charge in [-0.3, -0.25) is 4.79 Å². The Kier molecular flexibility index (Phi) is 5.70. The van der Waals surface area contributed by atoms with Crippen LogP contribution in [0.5, 0.6) is 0 Å². The highest BCUT2D eigenvalue weighted by Crippen LogP contribution is 2.22. The molecule has 0 unspecified atom stereocenters. The van der Waals surface area contributed by atoms with Gasteiger partial charge in [-0.2, -0.15) is 10.3 Å². The van der Waals surface area contributed by atoms with Crippen molar-refractivity contribution in [2.75, 3.05) is 12.3 Å². The average Bonchev–Trinajstić information content (AvgIpc) is 3.25. The first-order valence-corrected chi connectivity index (χ1v) is 9.41. The van der Waals surface area contributed by atoms with Crippen LogP contribution in [-0.2, 0) is 11.2 Å². The van der Waals surface area contributed by atoms with Crippen molar-refractivity contribution in [2.45, 2.75) is 37.8 Å². The topological polar surface area (TPSA) is 88.5 Å². The minimum Gasteiger partial charge on any atom is -0.353 e. The van der Waals surface area contributed by atoms with E-state index in [1.165, 1.54) is 0 Å². The lowest BCUT2D eigenvalue weighted by molar-refractivity contribution is -0.123. The summed E-state index contributed by atoms with van der Waals surface area (Å²) in [5.41, 5.74) is 1.94. The molecular formula is C17H22N6OS. The second kappa shape index (κ2) is 8.15. The molecular weight excluding hydrogens is 336 g/mol. The second-order valence-corrected chi connectivity index (χ2v) is 6.88. The zero-order chi connectivity index (χ0) is 17.6. The lowest BCUT2D eigenvalue weighted by Crippen LogP contribution is -2.33. The van der Waals surface area contributed by atoms with Gasteiger partial charge in [0.05, 0.1) is 17.2 Å². The number of carbonyl (C=O) groups is 1. The number of H-pyrrole nitrogens is 1. The molecule has 1 atom stereocenters. The number of amides is 1. The van der Waals surface area contributed by atoms with Crippen molar-refractivity contribution in [1.82, 2.24) is 30.3 Å². The van der Waals surface area contributed by atoms with Gasteiger partial charge in [0.2, 0.25) is 5.91 Å². The third-order valence-corrected chi connectivity index (χ3v) is 4.85. The van der Waals surface area contributed by atoms with E-state index in [0.29, 0.717) is 6.54 Å². The van der Waals surface area contributed by atoms with Gasteiger partial charge in [-0.1, -0.05) is 19.1 Å². The van der Waals surface area contributed by atoms with Crippen LogP contribution in [0, 0.1) is 0 Å². The number of imidazole rings is 1. The normalized spacial score (nSPS) is 12.4. The molecule has 0 saturated heterocycles. The van der Waals surface area contributed by atoms with E-state index in [1.807, 2.05) is 31.2 Å². The van der Waals surface area contributed by atoms with Crippen molar-refractivity contribution in [3.63, 3.8) is 0 Å². The SMILES string of the molecule is CCCc1nc2ccccc2n1[C@H](C)C(=O)NCCSc1cn[nH]n1. The summed E-state index contributed by atoms with van der Waals surface area (Å²) in [4.78, 5) is 17.3. The van der Waals surface area contributed by atoms with E-state index in [4.69, 9.17) is 4.98 Å². The van der Waals surface area contributed by atoms with Crippen LogP contribution in [0.15, 0.2) is 35.5 Å². The molecule has 0 fully saturated rings. The van der Waals surface area contributed by atoms with Crippen LogP contribution in [0.3, 0.4) is 0 Å². The number of hydrogen-bond donors (Lipinski definition) is 2. The Morgan fingerprint density at radius 1 is 1.40 bits per heavy atom. The summed E-state index contributed by atoms with van der Waals surface area (Å²) in [5, 5.41) is 14.1. The molecule has 3 aromatic rings. The highest BCUT2D eigenvalue weighted by molar-refractivity contribution is 7.99. The number of nitrogens with zero attached hydrogens (tertiary/aromatic N) is 4. The molecule has 0 spiro atoms. The fourth-order valence-electron chi connectivity index (χ4n) is 2.78. The van der Waals surface area contributed by atoms with E-state index in [1.54, 1.807) is 18.0 Å². The lowest BCUT2D eigenvalue weighted by Gasteiger charge is -2.17. The van der Waals surface area contributed by atoms with Gasteiger partial charge in [0.25, 0.3) is 0 Å². The number of hydrogen-bond acceptors (Lipinski definition) is 5. The number of rotatable bonds is 8. The third-order valence-electron chi connectivity index (χ3n) is 3.95. The Morgan fingerprint density at radius 2 is 2.24 bits per heavy atom. The number of carbonyl (C=O) groups excluding carboxylic acids is 1. The van der Waals surface area contributed by atoms with Crippen molar-refractivity contribution in [3.8, 4) is 0 Å². The van der Waals surface area contributed by atoms with E-state index in [0.717, 1.165) is 40.5 Å². The number of benzene rings is 1. The molecule has 25 heavy (non-hydrogen) atoms. The van der Waals surface area contributed by atoms with E-state index < -0.39 is 0 Å². The Morgan fingerprint density at radius 3 is 3.00 bits per heavy atom. The van der Waals surface area contributed by atoms with Gasteiger partial charge in [0.1, 0.15) is 16.9 Å². The summed E-state index contributed by atoms with van der Waals surface area (Å²) >= 11 is 1.55. The summed E-state index contributed by atoms with van der Waals surface area (Å²) in [6.07, 6.45) is 3.52. The van der Waals surface area contributed by atoms with Gasteiger partial charge in [-0.05, 0) is 25.5 Å². The van der Waals surface area contributed by atoms with Crippen molar-refractivity contribution >= 4 is 28.7 Å².